The summed E-state index contributed by atoms with van der Waals surface area (Å²) in [5, 5.41) is 5.23. The Bertz CT molecular complexity index is 546. The molecule has 0 aromatic heterocycles. The van der Waals surface area contributed by atoms with Gasteiger partial charge in [0.2, 0.25) is 0 Å². The van der Waals surface area contributed by atoms with E-state index in [4.69, 9.17) is 19.9 Å². The van der Waals surface area contributed by atoms with Crippen LogP contribution in [0, 0.1) is 0 Å². The lowest BCUT2D eigenvalue weighted by molar-refractivity contribution is 0.0492. The molecule has 0 fully saturated rings. The Morgan fingerprint density at radius 2 is 1.85 bits per heavy atom. The van der Waals surface area contributed by atoms with Gasteiger partial charge in [-0.15, -0.1) is 0 Å². The Morgan fingerprint density at radius 3 is 2.46 bits per heavy atom. The third kappa shape index (κ3) is 10.5. The molecule has 4 N–H and O–H groups in total. The Labute approximate surface area is 154 Å². The van der Waals surface area contributed by atoms with Crippen molar-refractivity contribution in [3.05, 3.63) is 35.9 Å². The van der Waals surface area contributed by atoms with E-state index >= 15 is 0 Å². The molecule has 0 aliphatic heterocycles. The minimum Gasteiger partial charge on any atom is -0.445 e. The van der Waals surface area contributed by atoms with Crippen LogP contribution >= 0.6 is 0 Å². The van der Waals surface area contributed by atoms with E-state index in [1.807, 2.05) is 30.3 Å². The number of carbonyl (C=O) groups excluding carboxylic acids is 2. The van der Waals surface area contributed by atoms with Gasteiger partial charge < -0.3 is 30.6 Å². The molecule has 0 spiro atoms. The number of amides is 2. The summed E-state index contributed by atoms with van der Waals surface area (Å²) in [5.74, 6) is 0. The lowest BCUT2D eigenvalue weighted by atomic mass is 10.2. The van der Waals surface area contributed by atoms with Crippen LogP contribution in [0.25, 0.3) is 0 Å². The monoisotopic (exact) mass is 367 g/mol. The molecule has 1 aromatic carbocycles. The van der Waals surface area contributed by atoms with E-state index in [1.54, 1.807) is 20.8 Å². The highest BCUT2D eigenvalue weighted by atomic mass is 16.6. The van der Waals surface area contributed by atoms with E-state index in [0.717, 1.165) is 5.56 Å². The zero-order chi connectivity index (χ0) is 19.4. The summed E-state index contributed by atoms with van der Waals surface area (Å²) in [4.78, 5) is 23.2. The number of ether oxygens (including phenoxy) is 3. The highest BCUT2D eigenvalue weighted by Gasteiger charge is 2.16. The first-order valence-electron chi connectivity index (χ1n) is 8.52. The molecule has 0 aliphatic rings. The molecule has 0 radical (unpaired) electrons. The number of nitrogens with one attached hydrogen (secondary N) is 2. The van der Waals surface area contributed by atoms with Crippen molar-refractivity contribution in [2.24, 2.45) is 5.73 Å². The summed E-state index contributed by atoms with van der Waals surface area (Å²) in [6, 6.07) is 9.00. The molecule has 2 amide bonds. The van der Waals surface area contributed by atoms with Crippen LogP contribution in [0.4, 0.5) is 9.59 Å². The molecular formula is C18H29N3O5. The van der Waals surface area contributed by atoms with Crippen molar-refractivity contribution in [3.8, 4) is 0 Å². The number of rotatable bonds is 9. The van der Waals surface area contributed by atoms with E-state index in [1.165, 1.54) is 0 Å². The molecule has 8 heteroatoms. The summed E-state index contributed by atoms with van der Waals surface area (Å²) in [6.45, 7) is 6.55. The number of benzene rings is 1. The maximum absolute atomic E-state index is 11.8. The van der Waals surface area contributed by atoms with Crippen LogP contribution in [-0.4, -0.2) is 50.1 Å². The number of carbonyl (C=O) groups is 2. The first-order valence-corrected chi connectivity index (χ1v) is 8.52. The van der Waals surface area contributed by atoms with Crippen LogP contribution in [0.5, 0.6) is 0 Å². The van der Waals surface area contributed by atoms with Gasteiger partial charge >= 0.3 is 12.2 Å². The zero-order valence-electron chi connectivity index (χ0n) is 15.6. The average Bonchev–Trinajstić information content (AvgIpc) is 2.58. The predicted molar refractivity (Wildman–Crippen MR) is 97.7 cm³/mol. The predicted octanol–water partition coefficient (Wildman–Crippen LogP) is 1.78. The van der Waals surface area contributed by atoms with Gasteiger partial charge in [-0.1, -0.05) is 30.3 Å². The average molecular weight is 367 g/mol. The molecule has 0 heterocycles. The van der Waals surface area contributed by atoms with Crippen LogP contribution in [0.1, 0.15) is 26.3 Å². The Balaban J connectivity index is 2.16. The first-order chi connectivity index (χ1) is 12.3. The molecule has 0 saturated carbocycles. The van der Waals surface area contributed by atoms with E-state index in [0.29, 0.717) is 6.54 Å². The second-order valence-electron chi connectivity index (χ2n) is 6.64. The molecule has 0 unspecified atom stereocenters. The standard InChI is InChI=1S/C18H29N3O5/c1-18(2,3)26-16(22)20-9-10-24-13-15(11-19)21-17(23)25-12-14-7-5-4-6-8-14/h4-8,15H,9-13,19H2,1-3H3,(H,20,22)(H,21,23)/t15-/m0/s1. The minimum absolute atomic E-state index is 0.185. The smallest absolute Gasteiger partial charge is 0.407 e. The van der Waals surface area contributed by atoms with Crippen LogP contribution in [0.2, 0.25) is 0 Å². The number of nitrogens with two attached hydrogens (primary N) is 1. The van der Waals surface area contributed by atoms with Crippen molar-refractivity contribution < 1.29 is 23.8 Å². The fraction of sp³-hybridized carbons (Fsp3) is 0.556. The Morgan fingerprint density at radius 1 is 1.15 bits per heavy atom. The largest absolute Gasteiger partial charge is 0.445 e. The molecule has 1 rings (SSSR count). The van der Waals surface area contributed by atoms with Crippen LogP contribution in [-0.2, 0) is 20.8 Å². The third-order valence-corrected chi connectivity index (χ3v) is 3.05. The van der Waals surface area contributed by atoms with Gasteiger partial charge in [-0.2, -0.15) is 0 Å². The van der Waals surface area contributed by atoms with Gasteiger partial charge in [0, 0.05) is 13.1 Å². The van der Waals surface area contributed by atoms with Crippen LogP contribution in [0.3, 0.4) is 0 Å². The molecule has 1 atom stereocenters. The van der Waals surface area contributed by atoms with Crippen molar-refractivity contribution in [1.82, 2.24) is 10.6 Å². The highest BCUT2D eigenvalue weighted by Crippen LogP contribution is 2.06. The fourth-order valence-corrected chi connectivity index (χ4v) is 1.87. The molecule has 1 aromatic rings. The first kappa shape index (κ1) is 21.7. The lowest BCUT2D eigenvalue weighted by Gasteiger charge is -2.20. The van der Waals surface area contributed by atoms with Crippen molar-refractivity contribution in [2.45, 2.75) is 39.0 Å². The van der Waals surface area contributed by atoms with E-state index in [-0.39, 0.29) is 32.4 Å². The third-order valence-electron chi connectivity index (χ3n) is 3.05. The molecule has 0 aliphatic carbocycles. The van der Waals surface area contributed by atoms with E-state index in [2.05, 4.69) is 10.6 Å². The normalized spacial score (nSPS) is 12.2. The Kier molecular flexibility index (Phi) is 9.46. The van der Waals surface area contributed by atoms with E-state index < -0.39 is 17.8 Å². The fourth-order valence-electron chi connectivity index (χ4n) is 1.87. The second-order valence-corrected chi connectivity index (χ2v) is 6.64. The van der Waals surface area contributed by atoms with E-state index in [9.17, 15) is 9.59 Å². The Hall–Kier alpha value is -2.32. The van der Waals surface area contributed by atoms with Crippen LogP contribution < -0.4 is 16.4 Å². The summed E-state index contributed by atoms with van der Waals surface area (Å²) in [6.07, 6.45) is -1.06. The second kappa shape index (κ2) is 11.3. The van der Waals surface area contributed by atoms with Gasteiger partial charge in [-0.05, 0) is 26.3 Å². The molecular weight excluding hydrogens is 338 g/mol. The van der Waals surface area contributed by atoms with Gasteiger partial charge in [-0.25, -0.2) is 9.59 Å². The minimum atomic E-state index is -0.556. The molecule has 0 bridgehead atoms. The highest BCUT2D eigenvalue weighted by molar-refractivity contribution is 5.68. The summed E-state index contributed by atoms with van der Waals surface area (Å²) in [5.41, 5.74) is 5.98. The summed E-state index contributed by atoms with van der Waals surface area (Å²) in [7, 11) is 0. The quantitative estimate of drug-likeness (QED) is 0.574. The van der Waals surface area contributed by atoms with Gasteiger partial charge in [0.15, 0.2) is 0 Å². The molecule has 146 valence electrons. The van der Waals surface area contributed by atoms with Gasteiger partial charge in [0.25, 0.3) is 0 Å². The number of alkyl carbamates (subject to hydrolysis) is 2. The van der Waals surface area contributed by atoms with Crippen LogP contribution in [0.15, 0.2) is 30.3 Å². The zero-order valence-corrected chi connectivity index (χ0v) is 15.6. The van der Waals surface area contributed by atoms with Gasteiger partial charge in [0.1, 0.15) is 12.2 Å². The molecule has 0 saturated heterocycles. The van der Waals surface area contributed by atoms with Crippen molar-refractivity contribution >= 4 is 12.2 Å². The van der Waals surface area contributed by atoms with Gasteiger partial charge in [-0.3, -0.25) is 0 Å². The summed E-state index contributed by atoms with van der Waals surface area (Å²) < 4.78 is 15.6. The van der Waals surface area contributed by atoms with Gasteiger partial charge in [0.05, 0.1) is 19.3 Å². The number of hydrogen-bond acceptors (Lipinski definition) is 6. The topological polar surface area (TPSA) is 112 Å². The number of hydrogen-bond donors (Lipinski definition) is 3. The summed E-state index contributed by atoms with van der Waals surface area (Å²) >= 11 is 0. The molecule has 8 nitrogen and oxygen atoms in total. The maximum atomic E-state index is 11.8. The maximum Gasteiger partial charge on any atom is 0.407 e. The van der Waals surface area contributed by atoms with Crippen molar-refractivity contribution in [2.75, 3.05) is 26.3 Å². The van der Waals surface area contributed by atoms with Crippen molar-refractivity contribution in [3.63, 3.8) is 0 Å². The molecule has 26 heavy (non-hydrogen) atoms. The lowest BCUT2D eigenvalue weighted by Crippen LogP contribution is -2.44. The van der Waals surface area contributed by atoms with Crippen molar-refractivity contribution in [1.29, 1.82) is 0 Å². The SMILES string of the molecule is CC(C)(C)OC(=O)NCCOC[C@H](CN)NC(=O)OCc1ccccc1.